The highest BCUT2D eigenvalue weighted by Gasteiger charge is 2.20. The van der Waals surface area contributed by atoms with Crippen molar-refractivity contribution in [3.05, 3.63) is 30.1 Å². The standard InChI is InChI=1S/C14H14N4/c1-6-18(7-1)12-3-5-16-14-13(12)11(9-17-14)10-2-4-15-8-10/h2-3,5,8-9H,1,4,6-7H2,(H,16,17). The van der Waals surface area contributed by atoms with Crippen molar-refractivity contribution in [1.29, 1.82) is 0 Å². The van der Waals surface area contributed by atoms with Crippen LogP contribution in [0.5, 0.6) is 0 Å². The molecule has 4 heterocycles. The Hall–Kier alpha value is -2.10. The van der Waals surface area contributed by atoms with Gasteiger partial charge in [0.2, 0.25) is 0 Å². The van der Waals surface area contributed by atoms with E-state index in [1.54, 1.807) is 0 Å². The van der Waals surface area contributed by atoms with Crippen LogP contribution in [0.4, 0.5) is 5.69 Å². The number of hydrogen-bond acceptors (Lipinski definition) is 3. The third-order valence-corrected chi connectivity index (χ3v) is 3.71. The second-order valence-electron chi connectivity index (χ2n) is 4.75. The second kappa shape index (κ2) is 3.70. The van der Waals surface area contributed by atoms with Crippen LogP contribution in [0.3, 0.4) is 0 Å². The average Bonchev–Trinajstić information content (AvgIpc) is 2.95. The van der Waals surface area contributed by atoms with Crippen LogP contribution in [-0.4, -0.2) is 35.8 Å². The van der Waals surface area contributed by atoms with Gasteiger partial charge in [0.15, 0.2) is 0 Å². The van der Waals surface area contributed by atoms with Gasteiger partial charge in [-0.2, -0.15) is 0 Å². The van der Waals surface area contributed by atoms with Gasteiger partial charge in [0.05, 0.1) is 6.54 Å². The fourth-order valence-electron chi connectivity index (χ4n) is 2.62. The molecular formula is C14H14N4. The maximum absolute atomic E-state index is 4.42. The van der Waals surface area contributed by atoms with Gasteiger partial charge in [-0.3, -0.25) is 4.99 Å². The van der Waals surface area contributed by atoms with Gasteiger partial charge in [-0.15, -0.1) is 0 Å². The molecule has 0 atom stereocenters. The van der Waals surface area contributed by atoms with Gasteiger partial charge in [0.1, 0.15) is 5.65 Å². The fourth-order valence-corrected chi connectivity index (χ4v) is 2.62. The summed E-state index contributed by atoms with van der Waals surface area (Å²) in [5, 5.41) is 1.23. The van der Waals surface area contributed by atoms with Gasteiger partial charge in [-0.05, 0) is 18.1 Å². The van der Waals surface area contributed by atoms with Gasteiger partial charge in [-0.1, -0.05) is 6.08 Å². The molecule has 4 nitrogen and oxygen atoms in total. The lowest BCUT2D eigenvalue weighted by Crippen LogP contribution is -2.37. The van der Waals surface area contributed by atoms with Gasteiger partial charge in [0.25, 0.3) is 0 Å². The van der Waals surface area contributed by atoms with E-state index in [9.17, 15) is 0 Å². The van der Waals surface area contributed by atoms with Crippen LogP contribution in [0.1, 0.15) is 12.0 Å². The monoisotopic (exact) mass is 238 g/mol. The lowest BCUT2D eigenvalue weighted by molar-refractivity contribution is 0.619. The van der Waals surface area contributed by atoms with E-state index in [0.29, 0.717) is 0 Å². The Bertz CT molecular complexity index is 661. The van der Waals surface area contributed by atoms with Gasteiger partial charge < -0.3 is 9.88 Å². The molecule has 4 rings (SSSR count). The third kappa shape index (κ3) is 1.32. The number of aromatic nitrogens is 2. The Morgan fingerprint density at radius 2 is 2.22 bits per heavy atom. The minimum absolute atomic E-state index is 0.793. The summed E-state index contributed by atoms with van der Waals surface area (Å²) >= 11 is 0. The first-order valence-corrected chi connectivity index (χ1v) is 6.35. The Morgan fingerprint density at radius 1 is 1.28 bits per heavy atom. The van der Waals surface area contributed by atoms with Crippen LogP contribution in [0, 0.1) is 0 Å². The molecule has 0 aliphatic carbocycles. The average molecular weight is 238 g/mol. The summed E-state index contributed by atoms with van der Waals surface area (Å²) < 4.78 is 0. The highest BCUT2D eigenvalue weighted by Crippen LogP contribution is 2.34. The number of H-pyrrole nitrogens is 1. The van der Waals surface area contributed by atoms with E-state index in [2.05, 4.69) is 32.0 Å². The van der Waals surface area contributed by atoms with E-state index in [1.165, 1.54) is 28.6 Å². The second-order valence-corrected chi connectivity index (χ2v) is 4.75. The van der Waals surface area contributed by atoms with Gasteiger partial charge >= 0.3 is 0 Å². The van der Waals surface area contributed by atoms with Crippen LogP contribution >= 0.6 is 0 Å². The van der Waals surface area contributed by atoms with Crippen LogP contribution in [-0.2, 0) is 0 Å². The Kier molecular flexibility index (Phi) is 2.03. The number of nitrogens with one attached hydrogen (secondary N) is 1. The SMILES string of the molecule is C1=NCC=C1c1c[nH]c2nccc(N3CCC3)c12. The zero-order chi connectivity index (χ0) is 11.9. The maximum atomic E-state index is 4.42. The topological polar surface area (TPSA) is 44.3 Å². The Labute approximate surface area is 105 Å². The molecule has 0 bridgehead atoms. The molecule has 1 fully saturated rings. The van der Waals surface area contributed by atoms with Crippen LogP contribution < -0.4 is 4.90 Å². The van der Waals surface area contributed by atoms with Crippen molar-refractivity contribution in [2.75, 3.05) is 24.5 Å². The largest absolute Gasteiger partial charge is 0.371 e. The third-order valence-electron chi connectivity index (χ3n) is 3.71. The summed E-state index contributed by atoms with van der Waals surface area (Å²) in [5.74, 6) is 0. The van der Waals surface area contributed by atoms with Crippen LogP contribution in [0.2, 0.25) is 0 Å². The molecule has 0 radical (unpaired) electrons. The highest BCUT2D eigenvalue weighted by molar-refractivity contribution is 6.17. The van der Waals surface area contributed by atoms with Crippen molar-refractivity contribution in [3.63, 3.8) is 0 Å². The number of fused-ring (bicyclic) bond motifs is 1. The Balaban J connectivity index is 1.95. The zero-order valence-corrected chi connectivity index (χ0v) is 10.1. The first-order valence-electron chi connectivity index (χ1n) is 6.35. The number of pyridine rings is 1. The fraction of sp³-hybridized carbons (Fsp3) is 0.286. The molecule has 2 aromatic heterocycles. The highest BCUT2D eigenvalue weighted by atomic mass is 15.2. The summed E-state index contributed by atoms with van der Waals surface area (Å²) in [6.45, 7) is 3.09. The van der Waals surface area contributed by atoms with E-state index in [1.807, 2.05) is 18.6 Å². The van der Waals surface area contributed by atoms with E-state index in [-0.39, 0.29) is 0 Å². The van der Waals surface area contributed by atoms with Crippen LogP contribution in [0.25, 0.3) is 16.6 Å². The predicted molar refractivity (Wildman–Crippen MR) is 74.3 cm³/mol. The lowest BCUT2D eigenvalue weighted by Gasteiger charge is -2.33. The van der Waals surface area contributed by atoms with E-state index >= 15 is 0 Å². The summed E-state index contributed by atoms with van der Waals surface area (Å²) in [7, 11) is 0. The number of anilines is 1. The number of rotatable bonds is 2. The van der Waals surface area contributed by atoms with Crippen molar-refractivity contribution >= 4 is 28.5 Å². The molecule has 1 N–H and O–H groups in total. The summed E-state index contributed by atoms with van der Waals surface area (Å²) in [4.78, 5) is 14.4. The van der Waals surface area contributed by atoms with Crippen molar-refractivity contribution in [2.24, 2.45) is 4.99 Å². The number of hydrogen-bond donors (Lipinski definition) is 1. The molecule has 1 saturated heterocycles. The normalized spacial score (nSPS) is 18.2. The number of aromatic amines is 1. The van der Waals surface area contributed by atoms with Crippen molar-refractivity contribution in [2.45, 2.75) is 6.42 Å². The Morgan fingerprint density at radius 3 is 2.94 bits per heavy atom. The molecule has 2 aliphatic rings. The van der Waals surface area contributed by atoms with Crippen LogP contribution in [0.15, 0.2) is 29.5 Å². The molecule has 90 valence electrons. The molecule has 0 unspecified atom stereocenters. The molecule has 0 saturated carbocycles. The first kappa shape index (κ1) is 9.88. The number of nitrogens with zero attached hydrogens (tertiary/aromatic N) is 3. The maximum Gasteiger partial charge on any atom is 0.139 e. The van der Waals surface area contributed by atoms with Crippen molar-refractivity contribution in [1.82, 2.24) is 9.97 Å². The first-order chi connectivity index (χ1) is 8.93. The smallest absolute Gasteiger partial charge is 0.139 e. The molecule has 0 aromatic carbocycles. The molecule has 4 heteroatoms. The molecule has 0 amide bonds. The molecule has 2 aromatic rings. The summed E-state index contributed by atoms with van der Waals surface area (Å²) in [5.41, 5.74) is 4.69. The molecule has 0 spiro atoms. The number of aliphatic imine (C=N–C) groups is 1. The quantitative estimate of drug-likeness (QED) is 0.872. The summed E-state index contributed by atoms with van der Waals surface area (Å²) in [6, 6.07) is 2.12. The van der Waals surface area contributed by atoms with E-state index in [0.717, 1.165) is 25.3 Å². The summed E-state index contributed by atoms with van der Waals surface area (Å²) in [6.07, 6.45) is 9.33. The zero-order valence-electron chi connectivity index (χ0n) is 10.1. The van der Waals surface area contributed by atoms with E-state index < -0.39 is 0 Å². The van der Waals surface area contributed by atoms with Gasteiger partial charge in [0, 0.05) is 48.3 Å². The van der Waals surface area contributed by atoms with Gasteiger partial charge in [-0.25, -0.2) is 4.98 Å². The minimum atomic E-state index is 0.793. The number of allylic oxidation sites excluding steroid dienone is 1. The predicted octanol–water partition coefficient (Wildman–Crippen LogP) is 2.24. The molecule has 18 heavy (non-hydrogen) atoms. The van der Waals surface area contributed by atoms with Crippen molar-refractivity contribution < 1.29 is 0 Å². The molecular weight excluding hydrogens is 224 g/mol. The minimum Gasteiger partial charge on any atom is -0.371 e. The lowest BCUT2D eigenvalue weighted by atomic mass is 10.0. The van der Waals surface area contributed by atoms with E-state index in [4.69, 9.17) is 0 Å². The van der Waals surface area contributed by atoms with Crippen molar-refractivity contribution in [3.8, 4) is 0 Å². The molecule has 2 aliphatic heterocycles.